The summed E-state index contributed by atoms with van der Waals surface area (Å²) in [5, 5.41) is 9.00. The third kappa shape index (κ3) is 2.05. The molecule has 0 aromatic rings. The van der Waals surface area contributed by atoms with Crippen molar-refractivity contribution in [1.29, 1.82) is 0 Å². The maximum Gasteiger partial charge on any atom is 0.116 e. The molecule has 2 atom stereocenters. The molecular formula is C7H9NOS. The number of hydrogen-bond acceptors (Lipinski definition) is 3. The minimum atomic E-state index is -0.624. The summed E-state index contributed by atoms with van der Waals surface area (Å²) in [6.07, 6.45) is 4.96. The lowest BCUT2D eigenvalue weighted by Crippen LogP contribution is -2.14. The second-order valence-electron chi connectivity index (χ2n) is 2.16. The summed E-state index contributed by atoms with van der Waals surface area (Å²) < 4.78 is 0. The molecule has 2 unspecified atom stereocenters. The third-order valence-electron chi connectivity index (χ3n) is 1.32. The van der Waals surface area contributed by atoms with Crippen molar-refractivity contribution in [2.45, 2.75) is 18.6 Å². The molecular weight excluding hydrogens is 146 g/mol. The Kier molecular flexibility index (Phi) is 2.79. The van der Waals surface area contributed by atoms with E-state index in [9.17, 15) is 0 Å². The lowest BCUT2D eigenvalue weighted by Gasteiger charge is -2.06. The third-order valence-corrected chi connectivity index (χ3v) is 2.17. The van der Waals surface area contributed by atoms with E-state index in [-0.39, 0.29) is 6.04 Å². The predicted octanol–water partition coefficient (Wildman–Crippen LogP) is 0.514. The first kappa shape index (κ1) is 7.64. The molecule has 0 fully saturated rings. The second kappa shape index (κ2) is 3.65. The van der Waals surface area contributed by atoms with Gasteiger partial charge in [0.2, 0.25) is 0 Å². The minimum absolute atomic E-state index is 0.232. The van der Waals surface area contributed by atoms with Gasteiger partial charge in [-0.25, -0.2) is 0 Å². The highest BCUT2D eigenvalue weighted by molar-refractivity contribution is 8.12. The maximum absolute atomic E-state index is 9.00. The van der Waals surface area contributed by atoms with Gasteiger partial charge in [0.25, 0.3) is 0 Å². The fraction of sp³-hybridized carbons (Fsp3) is 0.571. The van der Waals surface area contributed by atoms with Gasteiger partial charge in [-0.1, -0.05) is 5.92 Å². The minimum Gasteiger partial charge on any atom is -0.380 e. The molecule has 0 saturated heterocycles. The first-order valence-corrected chi connectivity index (χ1v) is 4.15. The Hall–Kier alpha value is -0.460. The Labute approximate surface area is 64.7 Å². The average Bonchev–Trinajstić information content (AvgIpc) is 2.40. The Bertz CT molecular complexity index is 173. The molecule has 54 valence electrons. The number of nitrogens with zero attached hydrogens (tertiary/aromatic N) is 1. The van der Waals surface area contributed by atoms with Crippen molar-refractivity contribution in [3.05, 3.63) is 0 Å². The topological polar surface area (TPSA) is 32.6 Å². The number of terminal acetylenes is 1. The van der Waals surface area contributed by atoms with Crippen molar-refractivity contribution in [3.63, 3.8) is 0 Å². The van der Waals surface area contributed by atoms with Gasteiger partial charge in [-0.2, -0.15) is 0 Å². The lowest BCUT2D eigenvalue weighted by molar-refractivity contribution is 0.215. The van der Waals surface area contributed by atoms with Crippen molar-refractivity contribution < 1.29 is 5.11 Å². The monoisotopic (exact) mass is 155 g/mol. The molecule has 2 nitrogen and oxygen atoms in total. The summed E-state index contributed by atoms with van der Waals surface area (Å²) in [4.78, 5) is 4.11. The number of thioether (sulfide) groups is 1. The zero-order valence-corrected chi connectivity index (χ0v) is 6.34. The van der Waals surface area contributed by atoms with Crippen LogP contribution in [0.25, 0.3) is 0 Å². The molecule has 0 bridgehead atoms. The number of aliphatic hydroxyl groups is 1. The molecule has 3 heteroatoms. The molecule has 0 aromatic heterocycles. The van der Waals surface area contributed by atoms with Crippen molar-refractivity contribution in [1.82, 2.24) is 0 Å². The van der Waals surface area contributed by atoms with Crippen LogP contribution in [0.5, 0.6) is 0 Å². The van der Waals surface area contributed by atoms with Crippen LogP contribution in [0.15, 0.2) is 4.99 Å². The molecule has 10 heavy (non-hydrogen) atoms. The van der Waals surface area contributed by atoms with Gasteiger partial charge in [0.1, 0.15) is 6.10 Å². The lowest BCUT2D eigenvalue weighted by atomic mass is 10.1. The van der Waals surface area contributed by atoms with Crippen LogP contribution in [0.4, 0.5) is 0 Å². The molecule has 0 saturated carbocycles. The van der Waals surface area contributed by atoms with E-state index in [1.165, 1.54) is 0 Å². The van der Waals surface area contributed by atoms with Crippen molar-refractivity contribution in [3.8, 4) is 12.3 Å². The van der Waals surface area contributed by atoms with Gasteiger partial charge in [-0.15, -0.1) is 18.2 Å². The van der Waals surface area contributed by atoms with E-state index in [0.29, 0.717) is 6.42 Å². The van der Waals surface area contributed by atoms with Crippen LogP contribution < -0.4 is 0 Å². The van der Waals surface area contributed by atoms with Crippen LogP contribution in [0, 0.1) is 12.3 Å². The fourth-order valence-electron chi connectivity index (χ4n) is 0.781. The van der Waals surface area contributed by atoms with Crippen LogP contribution in [0.3, 0.4) is 0 Å². The highest BCUT2D eigenvalue weighted by Gasteiger charge is 2.14. The van der Waals surface area contributed by atoms with E-state index < -0.39 is 6.10 Å². The summed E-state index contributed by atoms with van der Waals surface area (Å²) in [6, 6.07) is 0.232. The van der Waals surface area contributed by atoms with Crippen LogP contribution in [0.2, 0.25) is 0 Å². The van der Waals surface area contributed by atoms with Gasteiger partial charge < -0.3 is 5.11 Å². The summed E-state index contributed by atoms with van der Waals surface area (Å²) in [5.41, 5.74) is 1.81. The zero-order valence-electron chi connectivity index (χ0n) is 5.53. The van der Waals surface area contributed by atoms with Gasteiger partial charge in [0.15, 0.2) is 0 Å². The normalized spacial score (nSPS) is 26.2. The summed E-state index contributed by atoms with van der Waals surface area (Å²) >= 11 is 1.66. The Balaban J connectivity index is 2.26. The van der Waals surface area contributed by atoms with Gasteiger partial charge in [-0.05, 0) is 0 Å². The molecule has 0 aliphatic carbocycles. The highest BCUT2D eigenvalue weighted by atomic mass is 32.2. The second-order valence-corrected chi connectivity index (χ2v) is 3.04. The van der Waals surface area contributed by atoms with Crippen LogP contribution in [-0.4, -0.2) is 28.6 Å². The Morgan fingerprint density at radius 3 is 3.30 bits per heavy atom. The SMILES string of the molecule is C#CC(O)CC1CSC=N1. The smallest absolute Gasteiger partial charge is 0.116 e. The first-order chi connectivity index (χ1) is 4.83. The molecule has 0 amide bonds. The number of aliphatic hydroxyl groups excluding tert-OH is 1. The maximum atomic E-state index is 9.00. The molecule has 0 aromatic carbocycles. The molecule has 1 aliphatic heterocycles. The first-order valence-electron chi connectivity index (χ1n) is 3.10. The fourth-order valence-corrected chi connectivity index (χ4v) is 1.57. The molecule has 1 heterocycles. The van der Waals surface area contributed by atoms with E-state index in [1.807, 2.05) is 5.55 Å². The largest absolute Gasteiger partial charge is 0.380 e. The molecule has 1 aliphatic rings. The van der Waals surface area contributed by atoms with Gasteiger partial charge in [0.05, 0.1) is 11.6 Å². The number of hydrogen-bond donors (Lipinski definition) is 1. The van der Waals surface area contributed by atoms with Crippen molar-refractivity contribution in [2.24, 2.45) is 4.99 Å². The molecule has 0 radical (unpaired) electrons. The summed E-state index contributed by atoms with van der Waals surface area (Å²) in [6.45, 7) is 0. The van der Waals surface area contributed by atoms with Crippen LogP contribution >= 0.6 is 11.8 Å². The standard InChI is InChI=1S/C7H9NOS/c1-2-7(9)3-6-4-10-5-8-6/h1,5-7,9H,3-4H2. The zero-order chi connectivity index (χ0) is 7.40. The average molecular weight is 155 g/mol. The molecule has 1 N–H and O–H groups in total. The van der Waals surface area contributed by atoms with E-state index in [4.69, 9.17) is 11.5 Å². The van der Waals surface area contributed by atoms with E-state index >= 15 is 0 Å². The van der Waals surface area contributed by atoms with Crippen LogP contribution in [0.1, 0.15) is 6.42 Å². The van der Waals surface area contributed by atoms with Crippen LogP contribution in [-0.2, 0) is 0 Å². The van der Waals surface area contributed by atoms with Crippen molar-refractivity contribution >= 4 is 17.3 Å². The Morgan fingerprint density at radius 2 is 2.80 bits per heavy atom. The summed E-state index contributed by atoms with van der Waals surface area (Å²) in [5.74, 6) is 3.22. The van der Waals surface area contributed by atoms with E-state index in [0.717, 1.165) is 5.75 Å². The summed E-state index contributed by atoms with van der Waals surface area (Å²) in [7, 11) is 0. The Morgan fingerprint density at radius 1 is 2.00 bits per heavy atom. The number of aliphatic imine (C=N–C) groups is 1. The number of rotatable bonds is 2. The highest BCUT2D eigenvalue weighted by Crippen LogP contribution is 2.15. The quantitative estimate of drug-likeness (QED) is 0.589. The van der Waals surface area contributed by atoms with Gasteiger partial charge in [0, 0.05) is 12.2 Å². The van der Waals surface area contributed by atoms with E-state index in [2.05, 4.69) is 10.9 Å². The van der Waals surface area contributed by atoms with Gasteiger partial charge >= 0.3 is 0 Å². The predicted molar refractivity (Wildman–Crippen MR) is 44.2 cm³/mol. The molecule has 0 spiro atoms. The van der Waals surface area contributed by atoms with E-state index in [1.54, 1.807) is 11.8 Å². The van der Waals surface area contributed by atoms with Gasteiger partial charge in [-0.3, -0.25) is 4.99 Å². The molecule has 1 rings (SSSR count). The van der Waals surface area contributed by atoms with Crippen molar-refractivity contribution in [2.75, 3.05) is 5.75 Å².